The standard InChI is InChI=1S/C20H19ClN2O3/c1-25-15-9-13(10-16(12-15)26-2)11-18-20(24)23-19(22-18)8-7-14-5-3-4-6-17(14)21/h3-6,9-12H,7-8H2,1-2H3,(H,22,23,24)/b18-11+. The molecule has 0 aliphatic carbocycles. The number of hydrogen-bond acceptors (Lipinski definition) is 4. The Morgan fingerprint density at radius 1 is 1.08 bits per heavy atom. The molecule has 0 saturated carbocycles. The van der Waals surface area contributed by atoms with Gasteiger partial charge >= 0.3 is 0 Å². The molecule has 1 aliphatic rings. The smallest absolute Gasteiger partial charge is 0.275 e. The van der Waals surface area contributed by atoms with Crippen LogP contribution in [0.25, 0.3) is 6.08 Å². The van der Waals surface area contributed by atoms with Crippen molar-refractivity contribution in [3.63, 3.8) is 0 Å². The number of amidine groups is 1. The third-order valence-electron chi connectivity index (χ3n) is 4.01. The van der Waals surface area contributed by atoms with Crippen molar-refractivity contribution in [3.05, 3.63) is 64.3 Å². The van der Waals surface area contributed by atoms with E-state index >= 15 is 0 Å². The van der Waals surface area contributed by atoms with Gasteiger partial charge in [-0.3, -0.25) is 4.79 Å². The number of carbonyl (C=O) groups excluding carboxylic acids is 1. The number of methoxy groups -OCH3 is 2. The molecule has 2 aromatic carbocycles. The number of amides is 1. The molecule has 0 aromatic heterocycles. The average Bonchev–Trinajstić information content (AvgIpc) is 3.00. The summed E-state index contributed by atoms with van der Waals surface area (Å²) in [5, 5.41) is 3.53. The van der Waals surface area contributed by atoms with Crippen LogP contribution in [-0.4, -0.2) is 26.0 Å². The van der Waals surface area contributed by atoms with Gasteiger partial charge in [-0.25, -0.2) is 4.99 Å². The summed E-state index contributed by atoms with van der Waals surface area (Å²) in [7, 11) is 3.16. The van der Waals surface area contributed by atoms with Crippen LogP contribution in [0.4, 0.5) is 0 Å². The van der Waals surface area contributed by atoms with Gasteiger partial charge in [-0.15, -0.1) is 0 Å². The number of carbonyl (C=O) groups is 1. The molecule has 6 heteroatoms. The summed E-state index contributed by atoms with van der Waals surface area (Å²) < 4.78 is 10.5. The predicted molar refractivity (Wildman–Crippen MR) is 103 cm³/mol. The fourth-order valence-corrected chi connectivity index (χ4v) is 2.89. The normalized spacial score (nSPS) is 15.0. The number of rotatable bonds is 6. The van der Waals surface area contributed by atoms with Crippen molar-refractivity contribution in [1.82, 2.24) is 5.32 Å². The molecule has 1 heterocycles. The molecule has 0 bridgehead atoms. The van der Waals surface area contributed by atoms with E-state index in [-0.39, 0.29) is 5.91 Å². The van der Waals surface area contributed by atoms with Crippen molar-refractivity contribution in [2.45, 2.75) is 12.8 Å². The lowest BCUT2D eigenvalue weighted by Crippen LogP contribution is -2.24. The highest BCUT2D eigenvalue weighted by Gasteiger charge is 2.20. The second-order valence-corrected chi connectivity index (χ2v) is 6.19. The van der Waals surface area contributed by atoms with Crippen molar-refractivity contribution < 1.29 is 14.3 Å². The van der Waals surface area contributed by atoms with Crippen molar-refractivity contribution in [2.24, 2.45) is 4.99 Å². The van der Waals surface area contributed by atoms with E-state index in [0.29, 0.717) is 35.9 Å². The third kappa shape index (κ3) is 4.24. The van der Waals surface area contributed by atoms with Gasteiger partial charge in [0.2, 0.25) is 0 Å². The number of aliphatic imine (C=N–C) groups is 1. The van der Waals surface area contributed by atoms with Gasteiger partial charge in [-0.05, 0) is 41.8 Å². The van der Waals surface area contributed by atoms with Crippen LogP contribution in [-0.2, 0) is 11.2 Å². The van der Waals surface area contributed by atoms with Crippen LogP contribution < -0.4 is 14.8 Å². The summed E-state index contributed by atoms with van der Waals surface area (Å²) in [6, 6.07) is 13.1. The lowest BCUT2D eigenvalue weighted by atomic mass is 10.1. The van der Waals surface area contributed by atoms with E-state index in [4.69, 9.17) is 21.1 Å². The second-order valence-electron chi connectivity index (χ2n) is 5.78. The maximum atomic E-state index is 12.2. The van der Waals surface area contributed by atoms with Gasteiger partial charge < -0.3 is 14.8 Å². The Bertz CT molecular complexity index is 868. The van der Waals surface area contributed by atoms with Crippen LogP contribution in [0, 0.1) is 0 Å². The number of nitrogens with one attached hydrogen (secondary N) is 1. The molecular weight excluding hydrogens is 352 g/mol. The molecular formula is C20H19ClN2O3. The zero-order chi connectivity index (χ0) is 18.5. The van der Waals surface area contributed by atoms with Crippen molar-refractivity contribution in [1.29, 1.82) is 0 Å². The predicted octanol–water partition coefficient (Wildman–Crippen LogP) is 3.86. The molecule has 5 nitrogen and oxygen atoms in total. The van der Waals surface area contributed by atoms with Gasteiger partial charge in [0.05, 0.1) is 14.2 Å². The first-order chi connectivity index (χ1) is 12.6. The molecule has 0 unspecified atom stereocenters. The first-order valence-corrected chi connectivity index (χ1v) is 8.54. The maximum absolute atomic E-state index is 12.2. The zero-order valence-electron chi connectivity index (χ0n) is 14.6. The van der Waals surface area contributed by atoms with Gasteiger partial charge in [0.1, 0.15) is 23.0 Å². The monoisotopic (exact) mass is 370 g/mol. The molecule has 0 fully saturated rings. The molecule has 1 amide bonds. The minimum atomic E-state index is -0.221. The molecule has 1 N–H and O–H groups in total. The van der Waals surface area contributed by atoms with Gasteiger partial charge in [0.25, 0.3) is 5.91 Å². The molecule has 134 valence electrons. The molecule has 0 radical (unpaired) electrons. The lowest BCUT2D eigenvalue weighted by molar-refractivity contribution is -0.115. The van der Waals surface area contributed by atoms with Crippen LogP contribution in [0.5, 0.6) is 11.5 Å². The quantitative estimate of drug-likeness (QED) is 0.785. The zero-order valence-corrected chi connectivity index (χ0v) is 15.3. The summed E-state index contributed by atoms with van der Waals surface area (Å²) in [4.78, 5) is 16.6. The van der Waals surface area contributed by atoms with Crippen molar-refractivity contribution >= 4 is 29.4 Å². The minimum Gasteiger partial charge on any atom is -0.497 e. The molecule has 3 rings (SSSR count). The summed E-state index contributed by atoms with van der Waals surface area (Å²) >= 11 is 6.17. The molecule has 0 saturated heterocycles. The fourth-order valence-electron chi connectivity index (χ4n) is 2.66. The van der Waals surface area contributed by atoms with Gasteiger partial charge in [-0.1, -0.05) is 29.8 Å². The van der Waals surface area contributed by atoms with E-state index in [9.17, 15) is 4.79 Å². The molecule has 1 aliphatic heterocycles. The minimum absolute atomic E-state index is 0.221. The van der Waals surface area contributed by atoms with E-state index in [2.05, 4.69) is 10.3 Å². The third-order valence-corrected chi connectivity index (χ3v) is 4.38. The first kappa shape index (κ1) is 18.0. The average molecular weight is 371 g/mol. The van der Waals surface area contributed by atoms with Crippen LogP contribution >= 0.6 is 11.6 Å². The van der Waals surface area contributed by atoms with E-state index in [1.54, 1.807) is 26.4 Å². The summed E-state index contributed by atoms with van der Waals surface area (Å²) in [5.74, 6) is 1.71. The maximum Gasteiger partial charge on any atom is 0.275 e. The van der Waals surface area contributed by atoms with Crippen LogP contribution in [0.2, 0.25) is 5.02 Å². The number of benzene rings is 2. The second kappa shape index (κ2) is 8.06. The van der Waals surface area contributed by atoms with Crippen LogP contribution in [0.3, 0.4) is 0 Å². The molecule has 0 spiro atoms. The van der Waals surface area contributed by atoms with E-state index in [0.717, 1.165) is 16.1 Å². The van der Waals surface area contributed by atoms with Crippen molar-refractivity contribution in [3.8, 4) is 11.5 Å². The highest BCUT2D eigenvalue weighted by molar-refractivity contribution is 6.31. The number of hydrogen-bond donors (Lipinski definition) is 1. The number of ether oxygens (including phenoxy) is 2. The Balaban J connectivity index is 1.77. The van der Waals surface area contributed by atoms with Crippen molar-refractivity contribution in [2.75, 3.05) is 14.2 Å². The summed E-state index contributed by atoms with van der Waals surface area (Å²) in [6.07, 6.45) is 3.02. The first-order valence-electron chi connectivity index (χ1n) is 8.16. The highest BCUT2D eigenvalue weighted by atomic mass is 35.5. The number of nitrogens with zero attached hydrogens (tertiary/aromatic N) is 1. The number of halogens is 1. The SMILES string of the molecule is COc1cc(/C=C2/N=C(CCc3ccccc3Cl)NC2=O)cc(OC)c1. The van der Waals surface area contributed by atoms with E-state index < -0.39 is 0 Å². The Kier molecular flexibility index (Phi) is 5.58. The number of aryl methyl sites for hydroxylation is 1. The fraction of sp³-hybridized carbons (Fsp3) is 0.200. The molecule has 0 atom stereocenters. The lowest BCUT2D eigenvalue weighted by Gasteiger charge is -2.05. The van der Waals surface area contributed by atoms with E-state index in [1.807, 2.05) is 36.4 Å². The summed E-state index contributed by atoms with van der Waals surface area (Å²) in [6.45, 7) is 0. The largest absolute Gasteiger partial charge is 0.497 e. The molecule has 26 heavy (non-hydrogen) atoms. The summed E-state index contributed by atoms with van der Waals surface area (Å²) in [5.41, 5.74) is 2.16. The topological polar surface area (TPSA) is 59.9 Å². The Labute approximate surface area is 157 Å². The Morgan fingerprint density at radius 2 is 1.77 bits per heavy atom. The Hall–Kier alpha value is -2.79. The van der Waals surface area contributed by atoms with E-state index in [1.165, 1.54) is 0 Å². The van der Waals surface area contributed by atoms with Gasteiger partial charge in [0.15, 0.2) is 0 Å². The van der Waals surface area contributed by atoms with Crippen LogP contribution in [0.15, 0.2) is 53.2 Å². The Morgan fingerprint density at radius 3 is 2.42 bits per heavy atom. The van der Waals surface area contributed by atoms with Gasteiger partial charge in [-0.2, -0.15) is 0 Å². The van der Waals surface area contributed by atoms with Crippen LogP contribution in [0.1, 0.15) is 17.5 Å². The van der Waals surface area contributed by atoms with Gasteiger partial charge in [0, 0.05) is 17.5 Å². The highest BCUT2D eigenvalue weighted by Crippen LogP contribution is 2.25. The molecule has 2 aromatic rings.